The van der Waals surface area contributed by atoms with Crippen molar-refractivity contribution in [3.05, 3.63) is 59.9 Å². The number of pyridine rings is 1. The minimum atomic E-state index is -0.104. The maximum absolute atomic E-state index is 12.4. The number of carbonyl (C=O) groups excluding carboxylic acids is 2. The lowest BCUT2D eigenvalue weighted by atomic mass is 10.0. The zero-order valence-electron chi connectivity index (χ0n) is 17.0. The maximum atomic E-state index is 12.4. The molecule has 2 aromatic rings. The van der Waals surface area contributed by atoms with Crippen LogP contribution in [0.3, 0.4) is 0 Å². The number of nitrogens with zero attached hydrogens (tertiary/aromatic N) is 2. The highest BCUT2D eigenvalue weighted by Gasteiger charge is 2.23. The SMILES string of the molecule is COc1cccc(C(CNC(=O)CCC(=O)c2cccnc2)N2CCCCC2)c1. The molecule has 1 N–H and O–H groups in total. The molecule has 6 nitrogen and oxygen atoms in total. The number of methoxy groups -OCH3 is 1. The summed E-state index contributed by atoms with van der Waals surface area (Å²) in [6.07, 6.45) is 7.13. The van der Waals surface area contributed by atoms with Gasteiger partial charge in [0.2, 0.25) is 5.91 Å². The van der Waals surface area contributed by atoms with Crippen LogP contribution in [0.4, 0.5) is 0 Å². The molecule has 0 radical (unpaired) electrons. The Labute approximate surface area is 172 Å². The molecule has 1 unspecified atom stereocenters. The number of likely N-dealkylation sites (tertiary alicyclic amines) is 1. The van der Waals surface area contributed by atoms with Gasteiger partial charge in [-0.05, 0) is 55.8 Å². The van der Waals surface area contributed by atoms with E-state index in [-0.39, 0.29) is 30.6 Å². The van der Waals surface area contributed by atoms with Gasteiger partial charge in [0.05, 0.1) is 13.2 Å². The molecule has 1 amide bonds. The highest BCUT2D eigenvalue weighted by atomic mass is 16.5. The molecule has 2 heterocycles. The second-order valence-corrected chi connectivity index (χ2v) is 7.36. The first-order chi connectivity index (χ1) is 14.2. The highest BCUT2D eigenvalue weighted by Crippen LogP contribution is 2.26. The van der Waals surface area contributed by atoms with Gasteiger partial charge in [-0.3, -0.25) is 19.5 Å². The number of aromatic nitrogens is 1. The minimum absolute atomic E-state index is 0.0615. The minimum Gasteiger partial charge on any atom is -0.497 e. The van der Waals surface area contributed by atoms with Crippen LogP contribution in [-0.4, -0.2) is 48.3 Å². The molecular formula is C23H29N3O3. The van der Waals surface area contributed by atoms with Crippen molar-refractivity contribution in [1.82, 2.24) is 15.2 Å². The standard InChI is InChI=1S/C23H29N3O3/c1-29-20-9-5-7-18(15-20)21(26-13-3-2-4-14-26)17-25-23(28)11-10-22(27)19-8-6-12-24-16-19/h5-9,12,15-16,21H,2-4,10-11,13-14,17H2,1H3,(H,25,28). The first-order valence-electron chi connectivity index (χ1n) is 10.3. The smallest absolute Gasteiger partial charge is 0.220 e. The van der Waals surface area contributed by atoms with Crippen molar-refractivity contribution in [1.29, 1.82) is 0 Å². The third-order valence-electron chi connectivity index (χ3n) is 5.37. The Kier molecular flexibility index (Phi) is 7.76. The van der Waals surface area contributed by atoms with E-state index in [9.17, 15) is 9.59 Å². The molecule has 154 valence electrons. The second kappa shape index (κ2) is 10.7. The van der Waals surface area contributed by atoms with E-state index in [2.05, 4.69) is 21.3 Å². The van der Waals surface area contributed by atoms with E-state index in [0.29, 0.717) is 12.1 Å². The zero-order chi connectivity index (χ0) is 20.5. The van der Waals surface area contributed by atoms with Crippen LogP contribution in [0, 0.1) is 0 Å². The van der Waals surface area contributed by atoms with Gasteiger partial charge in [-0.15, -0.1) is 0 Å². The summed E-state index contributed by atoms with van der Waals surface area (Å²) in [5.41, 5.74) is 1.68. The van der Waals surface area contributed by atoms with Crippen molar-refractivity contribution < 1.29 is 14.3 Å². The molecule has 6 heteroatoms. The Balaban J connectivity index is 1.58. The van der Waals surface area contributed by atoms with Gasteiger partial charge in [-0.1, -0.05) is 18.6 Å². The van der Waals surface area contributed by atoms with E-state index >= 15 is 0 Å². The van der Waals surface area contributed by atoms with Gasteiger partial charge in [-0.2, -0.15) is 0 Å². The summed E-state index contributed by atoms with van der Waals surface area (Å²) >= 11 is 0. The van der Waals surface area contributed by atoms with Gasteiger partial charge in [0, 0.05) is 37.3 Å². The molecule has 1 aliphatic heterocycles. The number of Topliss-reactive ketones (excluding diaryl/α,β-unsaturated/α-hetero) is 1. The van der Waals surface area contributed by atoms with Crippen LogP contribution in [0.25, 0.3) is 0 Å². The fourth-order valence-electron chi connectivity index (χ4n) is 3.73. The van der Waals surface area contributed by atoms with Crippen molar-refractivity contribution in [3.63, 3.8) is 0 Å². The number of ketones is 1. The Bertz CT molecular complexity index is 804. The molecule has 0 bridgehead atoms. The average molecular weight is 396 g/mol. The lowest BCUT2D eigenvalue weighted by molar-refractivity contribution is -0.121. The van der Waals surface area contributed by atoms with E-state index in [0.717, 1.165) is 24.4 Å². The van der Waals surface area contributed by atoms with Crippen LogP contribution in [0.2, 0.25) is 0 Å². The van der Waals surface area contributed by atoms with Crippen molar-refractivity contribution in [2.24, 2.45) is 0 Å². The monoisotopic (exact) mass is 395 g/mol. The second-order valence-electron chi connectivity index (χ2n) is 7.36. The number of ether oxygens (including phenoxy) is 1. The number of amides is 1. The molecular weight excluding hydrogens is 366 g/mol. The Morgan fingerprint density at radius 3 is 2.69 bits per heavy atom. The quantitative estimate of drug-likeness (QED) is 0.659. The number of piperidine rings is 1. The van der Waals surface area contributed by atoms with Crippen molar-refractivity contribution in [2.45, 2.75) is 38.1 Å². The Morgan fingerprint density at radius 1 is 1.14 bits per heavy atom. The maximum Gasteiger partial charge on any atom is 0.220 e. The molecule has 0 saturated carbocycles. The first-order valence-corrected chi connectivity index (χ1v) is 10.3. The Hall–Kier alpha value is -2.73. The average Bonchev–Trinajstić information content (AvgIpc) is 2.79. The number of hydrogen-bond acceptors (Lipinski definition) is 5. The van der Waals surface area contributed by atoms with Gasteiger partial charge in [0.15, 0.2) is 5.78 Å². The van der Waals surface area contributed by atoms with Gasteiger partial charge in [0.25, 0.3) is 0 Å². The van der Waals surface area contributed by atoms with E-state index < -0.39 is 0 Å². The molecule has 1 aromatic heterocycles. The molecule has 1 aliphatic rings. The number of carbonyl (C=O) groups is 2. The fraction of sp³-hybridized carbons (Fsp3) is 0.435. The fourth-order valence-corrected chi connectivity index (χ4v) is 3.73. The lowest BCUT2D eigenvalue weighted by Gasteiger charge is -2.35. The topological polar surface area (TPSA) is 71.5 Å². The summed E-state index contributed by atoms with van der Waals surface area (Å²) in [7, 11) is 1.66. The molecule has 1 saturated heterocycles. The van der Waals surface area contributed by atoms with E-state index in [1.54, 1.807) is 25.4 Å². The highest BCUT2D eigenvalue weighted by molar-refractivity contribution is 5.97. The molecule has 1 fully saturated rings. The van der Waals surface area contributed by atoms with Crippen molar-refractivity contribution in [3.8, 4) is 5.75 Å². The zero-order valence-corrected chi connectivity index (χ0v) is 17.0. The predicted molar refractivity (Wildman–Crippen MR) is 112 cm³/mol. The van der Waals surface area contributed by atoms with Crippen molar-refractivity contribution in [2.75, 3.05) is 26.7 Å². The van der Waals surface area contributed by atoms with Crippen LogP contribution < -0.4 is 10.1 Å². The van der Waals surface area contributed by atoms with E-state index in [1.165, 1.54) is 25.5 Å². The van der Waals surface area contributed by atoms with E-state index in [4.69, 9.17) is 4.74 Å². The molecule has 0 aliphatic carbocycles. The van der Waals surface area contributed by atoms with Gasteiger partial charge in [0.1, 0.15) is 5.75 Å². The van der Waals surface area contributed by atoms with Gasteiger partial charge in [-0.25, -0.2) is 0 Å². The van der Waals surface area contributed by atoms with Gasteiger partial charge >= 0.3 is 0 Å². The summed E-state index contributed by atoms with van der Waals surface area (Å²) < 4.78 is 5.38. The number of hydrogen-bond donors (Lipinski definition) is 1. The molecule has 0 spiro atoms. The predicted octanol–water partition coefficient (Wildman–Crippen LogP) is 3.40. The van der Waals surface area contributed by atoms with E-state index in [1.807, 2.05) is 18.2 Å². The summed E-state index contributed by atoms with van der Waals surface area (Å²) in [5, 5.41) is 3.03. The van der Waals surface area contributed by atoms with Crippen molar-refractivity contribution >= 4 is 11.7 Å². The first kappa shape index (κ1) is 21.0. The molecule has 29 heavy (non-hydrogen) atoms. The van der Waals surface area contributed by atoms with Crippen LogP contribution in [0.1, 0.15) is 54.1 Å². The summed E-state index contributed by atoms with van der Waals surface area (Å²) in [4.78, 5) is 31.0. The van der Waals surface area contributed by atoms with Crippen LogP contribution in [0.5, 0.6) is 5.75 Å². The number of rotatable bonds is 9. The lowest BCUT2D eigenvalue weighted by Crippen LogP contribution is -2.40. The summed E-state index contributed by atoms with van der Waals surface area (Å²) in [6, 6.07) is 11.6. The largest absolute Gasteiger partial charge is 0.497 e. The third-order valence-corrected chi connectivity index (χ3v) is 5.37. The number of benzene rings is 1. The van der Waals surface area contributed by atoms with Gasteiger partial charge < -0.3 is 10.1 Å². The summed E-state index contributed by atoms with van der Waals surface area (Å²) in [5.74, 6) is 0.652. The number of nitrogens with one attached hydrogen (secondary N) is 1. The van der Waals surface area contributed by atoms with Crippen LogP contribution in [-0.2, 0) is 4.79 Å². The van der Waals surface area contributed by atoms with Crippen LogP contribution >= 0.6 is 0 Å². The molecule has 1 aromatic carbocycles. The third kappa shape index (κ3) is 6.12. The molecule has 1 atom stereocenters. The summed E-state index contributed by atoms with van der Waals surface area (Å²) in [6.45, 7) is 2.57. The Morgan fingerprint density at radius 2 is 1.97 bits per heavy atom. The molecule has 3 rings (SSSR count). The normalized spacial score (nSPS) is 15.5. The van der Waals surface area contributed by atoms with Crippen LogP contribution in [0.15, 0.2) is 48.8 Å².